The summed E-state index contributed by atoms with van der Waals surface area (Å²) < 4.78 is 5.01. The molecule has 2 aliphatic heterocycles. The SMILES string of the molecule is O=C(Nc1cccc(N2CCOC2=O)c1)N(CCN1CCCC1)Cc1ccccc1. The van der Waals surface area contributed by atoms with E-state index in [1.54, 1.807) is 4.90 Å². The van der Waals surface area contributed by atoms with E-state index in [-0.39, 0.29) is 12.1 Å². The van der Waals surface area contributed by atoms with Crippen molar-refractivity contribution in [3.8, 4) is 0 Å². The smallest absolute Gasteiger partial charge is 0.414 e. The summed E-state index contributed by atoms with van der Waals surface area (Å²) in [5.41, 5.74) is 2.49. The Morgan fingerprint density at radius 1 is 1.03 bits per heavy atom. The Morgan fingerprint density at radius 2 is 1.83 bits per heavy atom. The minimum Gasteiger partial charge on any atom is -0.447 e. The van der Waals surface area contributed by atoms with Crippen LogP contribution in [0.2, 0.25) is 0 Å². The first-order valence-corrected chi connectivity index (χ1v) is 10.6. The molecule has 2 saturated heterocycles. The summed E-state index contributed by atoms with van der Waals surface area (Å²) in [5, 5.41) is 3.01. The van der Waals surface area contributed by atoms with Gasteiger partial charge in [0.25, 0.3) is 0 Å². The molecule has 2 aromatic rings. The highest BCUT2D eigenvalue weighted by Crippen LogP contribution is 2.23. The van der Waals surface area contributed by atoms with Gasteiger partial charge in [0.05, 0.1) is 6.54 Å². The van der Waals surface area contributed by atoms with Crippen molar-refractivity contribution < 1.29 is 14.3 Å². The highest BCUT2D eigenvalue weighted by atomic mass is 16.6. The Hall–Kier alpha value is -3.06. The van der Waals surface area contributed by atoms with Crippen LogP contribution in [0, 0.1) is 0 Å². The third kappa shape index (κ3) is 5.10. The number of ether oxygens (including phenoxy) is 1. The van der Waals surface area contributed by atoms with Crippen molar-refractivity contribution in [2.45, 2.75) is 19.4 Å². The zero-order valence-corrected chi connectivity index (χ0v) is 17.1. The van der Waals surface area contributed by atoms with Crippen LogP contribution in [0.25, 0.3) is 0 Å². The van der Waals surface area contributed by atoms with Gasteiger partial charge in [0.1, 0.15) is 6.61 Å². The number of cyclic esters (lactones) is 1. The summed E-state index contributed by atoms with van der Waals surface area (Å²) in [6.07, 6.45) is 2.11. The third-order valence-electron chi connectivity index (χ3n) is 5.56. The van der Waals surface area contributed by atoms with Gasteiger partial charge in [0, 0.05) is 31.0 Å². The van der Waals surface area contributed by atoms with Gasteiger partial charge in [0.15, 0.2) is 0 Å². The Morgan fingerprint density at radius 3 is 2.57 bits per heavy atom. The monoisotopic (exact) mass is 408 g/mol. The van der Waals surface area contributed by atoms with Gasteiger partial charge in [-0.3, -0.25) is 4.90 Å². The predicted molar refractivity (Wildman–Crippen MR) is 117 cm³/mol. The van der Waals surface area contributed by atoms with Gasteiger partial charge in [-0.2, -0.15) is 0 Å². The lowest BCUT2D eigenvalue weighted by Gasteiger charge is -2.26. The maximum Gasteiger partial charge on any atom is 0.414 e. The van der Waals surface area contributed by atoms with Crippen LogP contribution in [0.1, 0.15) is 18.4 Å². The summed E-state index contributed by atoms with van der Waals surface area (Å²) in [7, 11) is 0. The van der Waals surface area contributed by atoms with Crippen molar-refractivity contribution in [3.63, 3.8) is 0 Å². The number of urea groups is 1. The number of hydrogen-bond acceptors (Lipinski definition) is 4. The molecule has 0 aliphatic carbocycles. The molecule has 30 heavy (non-hydrogen) atoms. The standard InChI is InChI=1S/C23H28N4O3/c28-22(24-20-9-6-10-21(17-20)27-15-16-30-23(27)29)26(14-13-25-11-4-5-12-25)18-19-7-2-1-3-8-19/h1-3,6-10,17H,4-5,11-16,18H2,(H,24,28). The van der Waals surface area contributed by atoms with Crippen LogP contribution in [-0.2, 0) is 11.3 Å². The number of carbonyl (C=O) groups is 2. The lowest BCUT2D eigenvalue weighted by atomic mass is 10.2. The summed E-state index contributed by atoms with van der Waals surface area (Å²) in [6, 6.07) is 17.2. The van der Waals surface area contributed by atoms with Crippen LogP contribution in [0.4, 0.5) is 21.0 Å². The molecule has 7 heteroatoms. The van der Waals surface area contributed by atoms with Crippen LogP contribution >= 0.6 is 0 Å². The lowest BCUT2D eigenvalue weighted by molar-refractivity contribution is 0.181. The zero-order valence-electron chi connectivity index (χ0n) is 17.1. The molecule has 0 spiro atoms. The number of benzene rings is 2. The van der Waals surface area contributed by atoms with Crippen LogP contribution < -0.4 is 10.2 Å². The van der Waals surface area contributed by atoms with Crippen molar-refractivity contribution >= 4 is 23.5 Å². The Labute approximate surface area is 177 Å². The van der Waals surface area contributed by atoms with E-state index in [4.69, 9.17) is 4.74 Å². The van der Waals surface area contributed by atoms with Gasteiger partial charge in [-0.1, -0.05) is 36.4 Å². The summed E-state index contributed by atoms with van der Waals surface area (Å²) in [5.74, 6) is 0. The molecule has 2 aliphatic rings. The number of anilines is 2. The number of amides is 3. The first-order valence-electron chi connectivity index (χ1n) is 10.6. The average Bonchev–Trinajstić information content (AvgIpc) is 3.43. The van der Waals surface area contributed by atoms with E-state index in [1.165, 1.54) is 12.8 Å². The molecule has 3 amide bonds. The Bertz CT molecular complexity index is 868. The fourth-order valence-electron chi connectivity index (χ4n) is 3.91. The number of carbonyl (C=O) groups excluding carboxylic acids is 2. The predicted octanol–water partition coefficient (Wildman–Crippen LogP) is 3.77. The third-order valence-corrected chi connectivity index (χ3v) is 5.56. The van der Waals surface area contributed by atoms with Gasteiger partial charge < -0.3 is 19.9 Å². The average molecular weight is 409 g/mol. The molecular weight excluding hydrogens is 380 g/mol. The molecule has 2 heterocycles. The minimum absolute atomic E-state index is 0.140. The molecule has 158 valence electrons. The van der Waals surface area contributed by atoms with Gasteiger partial charge >= 0.3 is 12.1 Å². The molecule has 2 fully saturated rings. The molecule has 2 aromatic carbocycles. The Kier molecular flexibility index (Phi) is 6.49. The summed E-state index contributed by atoms with van der Waals surface area (Å²) in [4.78, 5) is 30.8. The summed E-state index contributed by atoms with van der Waals surface area (Å²) >= 11 is 0. The van der Waals surface area contributed by atoms with Crippen LogP contribution in [-0.4, -0.2) is 61.3 Å². The van der Waals surface area contributed by atoms with Crippen molar-refractivity contribution in [1.82, 2.24) is 9.80 Å². The van der Waals surface area contributed by atoms with E-state index in [0.717, 1.165) is 30.9 Å². The maximum absolute atomic E-state index is 13.1. The van der Waals surface area contributed by atoms with Gasteiger partial charge in [0.2, 0.25) is 0 Å². The lowest BCUT2D eigenvalue weighted by Crippen LogP contribution is -2.40. The summed E-state index contributed by atoms with van der Waals surface area (Å²) in [6.45, 7) is 5.21. The van der Waals surface area contributed by atoms with Gasteiger partial charge in [-0.05, 0) is 49.7 Å². The number of likely N-dealkylation sites (tertiary alicyclic amines) is 1. The first kappa shape index (κ1) is 20.2. The van der Waals surface area contributed by atoms with E-state index >= 15 is 0 Å². The van der Waals surface area contributed by atoms with Crippen LogP contribution in [0.5, 0.6) is 0 Å². The highest BCUT2D eigenvalue weighted by Gasteiger charge is 2.24. The van der Waals surface area contributed by atoms with E-state index in [0.29, 0.717) is 31.9 Å². The molecule has 0 atom stereocenters. The maximum atomic E-state index is 13.1. The second-order valence-corrected chi connectivity index (χ2v) is 7.70. The zero-order chi connectivity index (χ0) is 20.8. The number of nitrogens with one attached hydrogen (secondary N) is 1. The molecule has 7 nitrogen and oxygen atoms in total. The van der Waals surface area contributed by atoms with Crippen molar-refractivity contribution in [1.29, 1.82) is 0 Å². The Balaban J connectivity index is 1.44. The van der Waals surface area contributed by atoms with Crippen LogP contribution in [0.15, 0.2) is 54.6 Å². The van der Waals surface area contributed by atoms with Gasteiger partial charge in [-0.25, -0.2) is 9.59 Å². The van der Waals surface area contributed by atoms with Crippen LogP contribution in [0.3, 0.4) is 0 Å². The topological polar surface area (TPSA) is 65.1 Å². The van der Waals surface area contributed by atoms with E-state index in [2.05, 4.69) is 10.2 Å². The number of nitrogens with zero attached hydrogens (tertiary/aromatic N) is 3. The molecular formula is C23H28N4O3. The molecule has 0 aromatic heterocycles. The minimum atomic E-state index is -0.352. The molecule has 1 N–H and O–H groups in total. The largest absolute Gasteiger partial charge is 0.447 e. The number of hydrogen-bond donors (Lipinski definition) is 1. The van der Waals surface area contributed by atoms with E-state index in [9.17, 15) is 9.59 Å². The molecule has 0 unspecified atom stereocenters. The first-order chi connectivity index (χ1) is 14.7. The van der Waals surface area contributed by atoms with E-state index < -0.39 is 0 Å². The van der Waals surface area contributed by atoms with Crippen molar-refractivity contribution in [3.05, 3.63) is 60.2 Å². The number of rotatable bonds is 7. The quantitative estimate of drug-likeness (QED) is 0.757. The van der Waals surface area contributed by atoms with E-state index in [1.807, 2.05) is 59.5 Å². The normalized spacial score (nSPS) is 16.5. The fraction of sp³-hybridized carbons (Fsp3) is 0.391. The fourth-order valence-corrected chi connectivity index (χ4v) is 3.91. The molecule has 0 bridgehead atoms. The molecule has 0 radical (unpaired) electrons. The second kappa shape index (κ2) is 9.63. The second-order valence-electron chi connectivity index (χ2n) is 7.70. The molecule has 4 rings (SSSR count). The van der Waals surface area contributed by atoms with Gasteiger partial charge in [-0.15, -0.1) is 0 Å². The van der Waals surface area contributed by atoms with Crippen molar-refractivity contribution in [2.24, 2.45) is 0 Å². The van der Waals surface area contributed by atoms with Crippen molar-refractivity contribution in [2.75, 3.05) is 49.5 Å². The molecule has 0 saturated carbocycles. The highest BCUT2D eigenvalue weighted by molar-refractivity contribution is 5.93.